The molecule has 0 bridgehead atoms. The second-order valence-electron chi connectivity index (χ2n) is 7.57. The molecule has 140 valence electrons. The molecule has 1 aromatic carbocycles. The second-order valence-corrected chi connectivity index (χ2v) is 9.68. The Labute approximate surface area is 149 Å². The number of hydrogen-bond acceptors (Lipinski definition) is 5. The van der Waals surface area contributed by atoms with Crippen molar-refractivity contribution in [3.63, 3.8) is 0 Å². The Bertz CT molecular complexity index is 686. The maximum absolute atomic E-state index is 12.4. The second kappa shape index (κ2) is 7.33. The predicted octanol–water partition coefficient (Wildman–Crippen LogP) is 2.61. The fourth-order valence-electron chi connectivity index (χ4n) is 2.75. The lowest BCUT2D eigenvalue weighted by Crippen LogP contribution is -2.48. The molecule has 6 nitrogen and oxygen atoms in total. The van der Waals surface area contributed by atoms with Crippen LogP contribution in [0.1, 0.15) is 40.0 Å². The molecule has 1 saturated heterocycles. The summed E-state index contributed by atoms with van der Waals surface area (Å²) in [6.45, 7) is 6.13. The monoisotopic (exact) mass is 369 g/mol. The van der Waals surface area contributed by atoms with E-state index >= 15 is 0 Å². The van der Waals surface area contributed by atoms with Gasteiger partial charge in [-0.1, -0.05) is 18.2 Å². The summed E-state index contributed by atoms with van der Waals surface area (Å²) in [5.74, 6) is -0.111. The molecular formula is C18H27NO5S. The smallest absolute Gasteiger partial charge is 0.410 e. The Hall–Kier alpha value is -1.60. The number of hydrogen-bond donors (Lipinski definition) is 1. The fraction of sp³-hybridized carbons (Fsp3) is 0.611. The summed E-state index contributed by atoms with van der Waals surface area (Å²) in [6, 6.07) is 8.25. The number of amides is 1. The van der Waals surface area contributed by atoms with E-state index in [1.165, 1.54) is 0 Å². The number of ether oxygens (including phenoxy) is 1. The molecule has 0 unspecified atom stereocenters. The van der Waals surface area contributed by atoms with Crippen molar-refractivity contribution in [1.82, 2.24) is 4.90 Å². The van der Waals surface area contributed by atoms with E-state index in [1.807, 2.05) is 0 Å². The minimum Gasteiger partial charge on any atom is -0.444 e. The van der Waals surface area contributed by atoms with Crippen LogP contribution in [0.5, 0.6) is 0 Å². The van der Waals surface area contributed by atoms with Crippen LogP contribution < -0.4 is 0 Å². The molecule has 1 aliphatic heterocycles. The molecule has 1 fully saturated rings. The molecule has 0 radical (unpaired) electrons. The number of benzene rings is 1. The van der Waals surface area contributed by atoms with Gasteiger partial charge in [-0.25, -0.2) is 13.2 Å². The molecule has 0 saturated carbocycles. The molecule has 25 heavy (non-hydrogen) atoms. The van der Waals surface area contributed by atoms with Crippen molar-refractivity contribution in [3.05, 3.63) is 30.3 Å². The molecule has 0 aromatic heterocycles. The van der Waals surface area contributed by atoms with Crippen molar-refractivity contribution in [1.29, 1.82) is 0 Å². The quantitative estimate of drug-likeness (QED) is 0.882. The highest BCUT2D eigenvalue weighted by atomic mass is 32.2. The molecule has 0 aliphatic carbocycles. The lowest BCUT2D eigenvalue weighted by atomic mass is 9.89. The molecular weight excluding hydrogens is 342 g/mol. The molecule has 2 rings (SSSR count). The van der Waals surface area contributed by atoms with Crippen LogP contribution in [0.3, 0.4) is 0 Å². The van der Waals surface area contributed by atoms with Crippen LogP contribution in [0.4, 0.5) is 4.79 Å². The topological polar surface area (TPSA) is 83.9 Å². The van der Waals surface area contributed by atoms with Crippen LogP contribution in [0.25, 0.3) is 0 Å². The summed E-state index contributed by atoms with van der Waals surface area (Å²) in [4.78, 5) is 13.9. The summed E-state index contributed by atoms with van der Waals surface area (Å²) >= 11 is 0. The third-order valence-corrected chi connectivity index (χ3v) is 6.02. The molecule has 0 atom stereocenters. The minimum absolute atomic E-state index is 0.111. The molecule has 1 aromatic rings. The van der Waals surface area contributed by atoms with Gasteiger partial charge in [-0.3, -0.25) is 0 Å². The molecule has 1 amide bonds. The highest BCUT2D eigenvalue weighted by Crippen LogP contribution is 2.28. The molecule has 1 N–H and O–H groups in total. The van der Waals surface area contributed by atoms with Crippen molar-refractivity contribution in [2.45, 2.75) is 56.1 Å². The van der Waals surface area contributed by atoms with Crippen LogP contribution in [-0.2, 0) is 14.6 Å². The Morgan fingerprint density at radius 2 is 1.76 bits per heavy atom. The van der Waals surface area contributed by atoms with Crippen molar-refractivity contribution in [2.75, 3.05) is 18.8 Å². The zero-order valence-electron chi connectivity index (χ0n) is 15.1. The third-order valence-electron chi connectivity index (χ3n) is 4.28. The van der Waals surface area contributed by atoms with E-state index in [-0.39, 0.29) is 17.1 Å². The largest absolute Gasteiger partial charge is 0.444 e. The average molecular weight is 369 g/mol. The normalized spacial score (nSPS) is 18.0. The number of rotatable bonds is 4. The van der Waals surface area contributed by atoms with Gasteiger partial charge in [-0.05, 0) is 52.2 Å². The van der Waals surface area contributed by atoms with Gasteiger partial charge in [0, 0.05) is 13.1 Å². The number of carbonyl (C=O) groups excluding carboxylic acids is 1. The number of sulfone groups is 1. The van der Waals surface area contributed by atoms with Crippen LogP contribution >= 0.6 is 0 Å². The van der Waals surface area contributed by atoms with Gasteiger partial charge in [0.15, 0.2) is 9.84 Å². The van der Waals surface area contributed by atoms with E-state index in [2.05, 4.69) is 0 Å². The number of carbonyl (C=O) groups is 1. The Morgan fingerprint density at radius 1 is 1.20 bits per heavy atom. The summed E-state index contributed by atoms with van der Waals surface area (Å²) in [5, 5.41) is 10.7. The van der Waals surface area contributed by atoms with Crippen molar-refractivity contribution >= 4 is 15.9 Å². The third kappa shape index (κ3) is 5.71. The highest BCUT2D eigenvalue weighted by molar-refractivity contribution is 7.91. The van der Waals surface area contributed by atoms with E-state index < -0.39 is 27.1 Å². The number of likely N-dealkylation sites (tertiary alicyclic amines) is 1. The van der Waals surface area contributed by atoms with Gasteiger partial charge >= 0.3 is 6.09 Å². The van der Waals surface area contributed by atoms with E-state index in [1.54, 1.807) is 56.0 Å². The van der Waals surface area contributed by atoms with Crippen LogP contribution in [0.15, 0.2) is 35.2 Å². The van der Waals surface area contributed by atoms with Crippen molar-refractivity contribution in [3.8, 4) is 0 Å². The van der Waals surface area contributed by atoms with E-state index in [9.17, 15) is 18.3 Å². The Balaban J connectivity index is 1.89. The lowest BCUT2D eigenvalue weighted by molar-refractivity contribution is -0.0334. The fourth-order valence-corrected chi connectivity index (χ4v) is 4.21. The SMILES string of the molecule is CC(C)(C)OC(=O)N1CCC(O)(CCS(=O)(=O)c2ccccc2)CC1. The molecule has 1 aliphatic rings. The summed E-state index contributed by atoms with van der Waals surface area (Å²) in [6.07, 6.45) is 0.450. The maximum Gasteiger partial charge on any atom is 0.410 e. The average Bonchev–Trinajstić information content (AvgIpc) is 2.53. The number of nitrogens with zero attached hydrogens (tertiary/aromatic N) is 1. The first kappa shape index (κ1) is 19.7. The molecule has 0 spiro atoms. The summed E-state index contributed by atoms with van der Waals surface area (Å²) < 4.78 is 30.0. The van der Waals surface area contributed by atoms with Gasteiger partial charge in [-0.15, -0.1) is 0 Å². The first-order valence-electron chi connectivity index (χ1n) is 8.49. The lowest BCUT2D eigenvalue weighted by Gasteiger charge is -2.38. The van der Waals surface area contributed by atoms with Crippen molar-refractivity contribution in [2.24, 2.45) is 0 Å². The summed E-state index contributed by atoms with van der Waals surface area (Å²) in [5.41, 5.74) is -1.63. The van der Waals surface area contributed by atoms with Crippen LogP contribution in [0.2, 0.25) is 0 Å². The van der Waals surface area contributed by atoms with E-state index in [4.69, 9.17) is 4.74 Å². The Morgan fingerprint density at radius 3 is 2.28 bits per heavy atom. The Kier molecular flexibility index (Phi) is 5.79. The highest BCUT2D eigenvalue weighted by Gasteiger charge is 2.36. The zero-order chi connectivity index (χ0) is 18.7. The number of aliphatic hydroxyl groups is 1. The van der Waals surface area contributed by atoms with Gasteiger partial charge < -0.3 is 14.7 Å². The molecule has 1 heterocycles. The number of piperidine rings is 1. The maximum atomic E-state index is 12.4. The molecule has 7 heteroatoms. The standard InChI is InChI=1S/C18H27NO5S/c1-17(2,3)24-16(20)19-12-9-18(21,10-13-19)11-14-25(22,23)15-7-5-4-6-8-15/h4-8,21H,9-14H2,1-3H3. The van der Waals surface area contributed by atoms with Crippen LogP contribution in [0, 0.1) is 0 Å². The van der Waals surface area contributed by atoms with Gasteiger partial charge in [-0.2, -0.15) is 0 Å². The first-order chi connectivity index (χ1) is 11.5. The first-order valence-corrected chi connectivity index (χ1v) is 10.1. The van der Waals surface area contributed by atoms with Gasteiger partial charge in [0.1, 0.15) is 5.60 Å². The van der Waals surface area contributed by atoms with Crippen molar-refractivity contribution < 1.29 is 23.1 Å². The van der Waals surface area contributed by atoms with Gasteiger partial charge in [0.25, 0.3) is 0 Å². The predicted molar refractivity (Wildman–Crippen MR) is 95.1 cm³/mol. The summed E-state index contributed by atoms with van der Waals surface area (Å²) in [7, 11) is -3.42. The van der Waals surface area contributed by atoms with Gasteiger partial charge in [0.2, 0.25) is 0 Å². The van der Waals surface area contributed by atoms with E-state index in [0.717, 1.165) is 0 Å². The van der Waals surface area contributed by atoms with Gasteiger partial charge in [0.05, 0.1) is 16.2 Å². The van der Waals surface area contributed by atoms with Crippen LogP contribution in [-0.4, -0.2) is 54.6 Å². The van der Waals surface area contributed by atoms with E-state index in [0.29, 0.717) is 25.9 Å². The zero-order valence-corrected chi connectivity index (χ0v) is 15.9. The minimum atomic E-state index is -3.42.